The first-order valence-corrected chi connectivity index (χ1v) is 9.69. The quantitative estimate of drug-likeness (QED) is 0.874. The molecule has 2 heterocycles. The summed E-state index contributed by atoms with van der Waals surface area (Å²) in [7, 11) is 0. The molecule has 1 saturated heterocycles. The Hall–Kier alpha value is -0.0600. The second kappa shape index (κ2) is 6.37. The van der Waals surface area contributed by atoms with Crippen LogP contribution in [0.5, 0.6) is 0 Å². The van der Waals surface area contributed by atoms with Gasteiger partial charge in [0.2, 0.25) is 0 Å². The fourth-order valence-corrected chi connectivity index (χ4v) is 5.77. The molecule has 1 aromatic rings. The van der Waals surface area contributed by atoms with Crippen LogP contribution < -0.4 is 5.32 Å². The molecule has 1 aliphatic rings. The van der Waals surface area contributed by atoms with E-state index in [1.165, 1.54) is 34.2 Å². The fourth-order valence-electron chi connectivity index (χ4n) is 3.07. The van der Waals surface area contributed by atoms with E-state index in [2.05, 4.69) is 51.7 Å². The van der Waals surface area contributed by atoms with E-state index in [4.69, 9.17) is 4.98 Å². The molecule has 0 amide bonds. The topological polar surface area (TPSA) is 24.9 Å². The number of thiazole rings is 1. The number of aryl methyl sites for hydroxylation is 2. The van der Waals surface area contributed by atoms with Crippen LogP contribution in [0.15, 0.2) is 0 Å². The smallest absolute Gasteiger partial charge is 0.114 e. The second-order valence-electron chi connectivity index (χ2n) is 6.72. The van der Waals surface area contributed by atoms with Crippen LogP contribution in [0.2, 0.25) is 0 Å². The molecule has 0 bridgehead atoms. The van der Waals surface area contributed by atoms with Gasteiger partial charge in [-0.05, 0) is 43.9 Å². The zero-order valence-corrected chi connectivity index (χ0v) is 15.1. The van der Waals surface area contributed by atoms with Crippen LogP contribution in [0.1, 0.15) is 56.1 Å². The summed E-state index contributed by atoms with van der Waals surface area (Å²) in [4.78, 5) is 6.38. The van der Waals surface area contributed by atoms with Crippen LogP contribution >= 0.6 is 23.1 Å². The highest BCUT2D eigenvalue weighted by molar-refractivity contribution is 7.99. The second-order valence-corrected chi connectivity index (χ2v) is 8.91. The molecule has 1 unspecified atom stereocenters. The average molecular weight is 313 g/mol. The zero-order valence-electron chi connectivity index (χ0n) is 13.5. The minimum Gasteiger partial charge on any atom is -0.305 e. The molecule has 4 heteroatoms. The van der Waals surface area contributed by atoms with E-state index in [9.17, 15) is 0 Å². The molecule has 1 aliphatic heterocycles. The summed E-state index contributed by atoms with van der Waals surface area (Å²) in [6.07, 6.45) is 3.42. The number of hydrogen-bond donors (Lipinski definition) is 1. The number of hydrogen-bond acceptors (Lipinski definition) is 4. The van der Waals surface area contributed by atoms with Crippen LogP contribution in [0.25, 0.3) is 0 Å². The lowest BCUT2D eigenvalue weighted by atomic mass is 9.80. The first kappa shape index (κ1) is 16.3. The van der Waals surface area contributed by atoms with Crippen molar-refractivity contribution in [3.63, 3.8) is 0 Å². The normalized spacial score (nSPS) is 25.9. The molecular formula is C16H28N2S2. The van der Waals surface area contributed by atoms with Crippen LogP contribution in [-0.4, -0.2) is 23.0 Å². The van der Waals surface area contributed by atoms with Gasteiger partial charge in [0.25, 0.3) is 0 Å². The standard InChI is InChI=1S/C16H28N2S2/c1-6-8-17-16(9-15(4,5)10-19-11-16)14-18-13(7-2)12(3)20-14/h17H,6-11H2,1-5H3. The van der Waals surface area contributed by atoms with Crippen LogP contribution in [0.4, 0.5) is 0 Å². The molecular weight excluding hydrogens is 284 g/mol. The van der Waals surface area contributed by atoms with Crippen LogP contribution in [-0.2, 0) is 12.0 Å². The molecule has 114 valence electrons. The lowest BCUT2D eigenvalue weighted by Gasteiger charge is -2.44. The van der Waals surface area contributed by atoms with E-state index < -0.39 is 0 Å². The minimum absolute atomic E-state index is 0.0886. The molecule has 1 aromatic heterocycles. The first-order valence-electron chi connectivity index (χ1n) is 7.72. The van der Waals surface area contributed by atoms with Crippen LogP contribution in [0, 0.1) is 12.3 Å². The predicted molar refractivity (Wildman–Crippen MR) is 91.9 cm³/mol. The Kier molecular flexibility index (Phi) is 5.19. The van der Waals surface area contributed by atoms with Crippen molar-refractivity contribution in [2.75, 3.05) is 18.1 Å². The maximum atomic E-state index is 4.99. The van der Waals surface area contributed by atoms with Gasteiger partial charge in [-0.15, -0.1) is 11.3 Å². The molecule has 1 fully saturated rings. The van der Waals surface area contributed by atoms with Gasteiger partial charge in [0.1, 0.15) is 5.01 Å². The molecule has 1 N–H and O–H groups in total. The average Bonchev–Trinajstić information content (AvgIpc) is 2.77. The Balaban J connectivity index is 2.35. The third-order valence-corrected chi connectivity index (χ3v) is 6.87. The summed E-state index contributed by atoms with van der Waals surface area (Å²) in [5, 5.41) is 5.17. The summed E-state index contributed by atoms with van der Waals surface area (Å²) in [6, 6.07) is 0. The van der Waals surface area contributed by atoms with Gasteiger partial charge < -0.3 is 5.32 Å². The highest BCUT2D eigenvalue weighted by Crippen LogP contribution is 2.45. The summed E-state index contributed by atoms with van der Waals surface area (Å²) < 4.78 is 0. The number of aromatic nitrogens is 1. The Bertz CT molecular complexity index is 453. The third kappa shape index (κ3) is 3.40. The van der Waals surface area contributed by atoms with Crippen molar-refractivity contribution >= 4 is 23.1 Å². The Morgan fingerprint density at radius 1 is 1.25 bits per heavy atom. The fraction of sp³-hybridized carbons (Fsp3) is 0.812. The van der Waals surface area contributed by atoms with Gasteiger partial charge in [-0.3, -0.25) is 0 Å². The van der Waals surface area contributed by atoms with Gasteiger partial charge in [-0.1, -0.05) is 27.7 Å². The predicted octanol–water partition coefficient (Wildman–Crippen LogP) is 4.37. The maximum absolute atomic E-state index is 4.99. The Morgan fingerprint density at radius 3 is 2.55 bits per heavy atom. The summed E-state index contributed by atoms with van der Waals surface area (Å²) in [5.74, 6) is 2.42. The maximum Gasteiger partial charge on any atom is 0.114 e. The van der Waals surface area contributed by atoms with E-state index in [0.29, 0.717) is 5.41 Å². The number of nitrogens with zero attached hydrogens (tertiary/aromatic N) is 1. The Morgan fingerprint density at radius 2 is 2.00 bits per heavy atom. The van der Waals surface area contributed by atoms with Crippen LogP contribution in [0.3, 0.4) is 0 Å². The molecule has 0 aromatic carbocycles. The molecule has 0 aliphatic carbocycles. The lowest BCUT2D eigenvalue weighted by Crippen LogP contribution is -2.51. The summed E-state index contributed by atoms with van der Waals surface area (Å²) >= 11 is 3.99. The van der Waals surface area contributed by atoms with E-state index in [1.54, 1.807) is 0 Å². The largest absolute Gasteiger partial charge is 0.305 e. The van der Waals surface area contributed by atoms with Gasteiger partial charge in [-0.25, -0.2) is 4.98 Å². The zero-order chi connectivity index (χ0) is 14.8. The van der Waals surface area contributed by atoms with Gasteiger partial charge in [0.15, 0.2) is 0 Å². The molecule has 1 atom stereocenters. The van der Waals surface area contributed by atoms with Gasteiger partial charge in [0.05, 0.1) is 11.2 Å². The molecule has 0 spiro atoms. The van der Waals surface area contributed by atoms with Gasteiger partial charge in [-0.2, -0.15) is 11.8 Å². The SMILES string of the molecule is CCCNC1(c2nc(CC)c(C)s2)CSCC(C)(C)C1. The summed E-state index contributed by atoms with van der Waals surface area (Å²) in [6.45, 7) is 12.5. The van der Waals surface area contributed by atoms with E-state index >= 15 is 0 Å². The number of nitrogens with one attached hydrogen (secondary N) is 1. The van der Waals surface area contributed by atoms with E-state index in [0.717, 1.165) is 18.7 Å². The van der Waals surface area contributed by atoms with Crippen molar-refractivity contribution in [3.05, 3.63) is 15.6 Å². The molecule has 2 rings (SSSR count). The highest BCUT2D eigenvalue weighted by atomic mass is 32.2. The van der Waals surface area contributed by atoms with E-state index in [-0.39, 0.29) is 5.54 Å². The lowest BCUT2D eigenvalue weighted by molar-refractivity contribution is 0.224. The van der Waals surface area contributed by atoms with Crippen molar-refractivity contribution in [1.29, 1.82) is 0 Å². The number of rotatable bonds is 5. The third-order valence-electron chi connectivity index (χ3n) is 3.97. The van der Waals surface area contributed by atoms with Crippen molar-refractivity contribution in [2.24, 2.45) is 5.41 Å². The van der Waals surface area contributed by atoms with Crippen molar-refractivity contribution in [1.82, 2.24) is 10.3 Å². The molecule has 20 heavy (non-hydrogen) atoms. The minimum atomic E-state index is 0.0886. The van der Waals surface area contributed by atoms with E-state index in [1.807, 2.05) is 11.3 Å². The Labute approximate surface area is 132 Å². The monoisotopic (exact) mass is 312 g/mol. The molecule has 0 radical (unpaired) electrons. The first-order chi connectivity index (χ1) is 9.42. The molecule has 2 nitrogen and oxygen atoms in total. The highest BCUT2D eigenvalue weighted by Gasteiger charge is 2.43. The number of thioether (sulfide) groups is 1. The van der Waals surface area contributed by atoms with Crippen molar-refractivity contribution in [3.8, 4) is 0 Å². The van der Waals surface area contributed by atoms with Crippen molar-refractivity contribution < 1.29 is 0 Å². The van der Waals surface area contributed by atoms with Gasteiger partial charge >= 0.3 is 0 Å². The molecule has 0 saturated carbocycles. The summed E-state index contributed by atoms with van der Waals surface area (Å²) in [5.41, 5.74) is 1.76. The van der Waals surface area contributed by atoms with Crippen molar-refractivity contribution in [2.45, 2.75) is 59.4 Å². The van der Waals surface area contributed by atoms with Gasteiger partial charge in [0, 0.05) is 10.6 Å².